The molecule has 1 aromatic rings. The van der Waals surface area contributed by atoms with E-state index in [0.717, 1.165) is 10.3 Å². The summed E-state index contributed by atoms with van der Waals surface area (Å²) in [6.45, 7) is 5.54. The number of hydrogen-bond acceptors (Lipinski definition) is 2. The third kappa shape index (κ3) is 3.10. The quantitative estimate of drug-likeness (QED) is 0.303. The lowest BCUT2D eigenvalue weighted by molar-refractivity contribution is -0.530. The van der Waals surface area contributed by atoms with Gasteiger partial charge in [-0.25, -0.2) is 4.74 Å². The van der Waals surface area contributed by atoms with Gasteiger partial charge in [0.2, 0.25) is 0 Å². The summed E-state index contributed by atoms with van der Waals surface area (Å²) in [5.41, 5.74) is 0.966. The van der Waals surface area contributed by atoms with E-state index in [1.807, 2.05) is 26.8 Å². The van der Waals surface area contributed by atoms with Gasteiger partial charge in [-0.1, -0.05) is 0 Å². The van der Waals surface area contributed by atoms with E-state index in [9.17, 15) is 5.21 Å². The molecule has 0 aliphatic heterocycles. The first-order valence-corrected chi connectivity index (χ1v) is 4.75. The van der Waals surface area contributed by atoms with Gasteiger partial charge in [0, 0.05) is 26.3 Å². The normalized spacial score (nSPS) is 12.3. The van der Waals surface area contributed by atoms with Gasteiger partial charge in [-0.3, -0.25) is 0 Å². The summed E-state index contributed by atoms with van der Waals surface area (Å²) < 4.78 is 0.911. The predicted octanol–water partition coefficient (Wildman–Crippen LogP) is 2.29. The summed E-state index contributed by atoms with van der Waals surface area (Å²) in [6, 6.07) is 8.94. The summed E-state index contributed by atoms with van der Waals surface area (Å²) in [4.78, 5) is 0. The van der Waals surface area contributed by atoms with Crippen LogP contribution in [0.1, 0.15) is 31.9 Å². The van der Waals surface area contributed by atoms with Gasteiger partial charge in [0.05, 0.1) is 11.6 Å². The van der Waals surface area contributed by atoms with Gasteiger partial charge in [0.15, 0.2) is 11.8 Å². The Hall–Kier alpha value is -1.82. The SMILES string of the molecule is CC(C)(C)/[N+]([O-])=C/c1ccc(C#N)cc1. The standard InChI is InChI=1S/C12H14N2O/c1-12(2,3)14(15)9-11-6-4-10(8-13)5-7-11/h4-7,9H,1-3H3/b14-9-. The third-order valence-electron chi connectivity index (χ3n) is 1.97. The van der Waals surface area contributed by atoms with Crippen molar-refractivity contribution in [1.29, 1.82) is 5.26 Å². The number of nitriles is 1. The lowest BCUT2D eigenvalue weighted by Crippen LogP contribution is -2.29. The molecular formula is C12H14N2O. The largest absolute Gasteiger partial charge is 0.623 e. The minimum absolute atomic E-state index is 0.437. The summed E-state index contributed by atoms with van der Waals surface area (Å²) in [5.74, 6) is 0. The van der Waals surface area contributed by atoms with Gasteiger partial charge >= 0.3 is 0 Å². The molecule has 0 heterocycles. The third-order valence-corrected chi connectivity index (χ3v) is 1.97. The first kappa shape index (κ1) is 11.3. The molecule has 0 aliphatic carbocycles. The molecule has 0 spiro atoms. The zero-order valence-corrected chi connectivity index (χ0v) is 9.19. The maximum atomic E-state index is 11.6. The Bertz CT molecular complexity index is 405. The maximum absolute atomic E-state index is 11.6. The van der Waals surface area contributed by atoms with E-state index in [1.165, 1.54) is 6.21 Å². The van der Waals surface area contributed by atoms with E-state index >= 15 is 0 Å². The topological polar surface area (TPSA) is 49.9 Å². The Morgan fingerprint density at radius 1 is 1.27 bits per heavy atom. The monoisotopic (exact) mass is 202 g/mol. The maximum Gasteiger partial charge on any atom is 0.182 e. The number of hydrogen-bond donors (Lipinski definition) is 0. The highest BCUT2D eigenvalue weighted by Gasteiger charge is 2.17. The highest BCUT2D eigenvalue weighted by Crippen LogP contribution is 2.07. The van der Waals surface area contributed by atoms with Crippen molar-refractivity contribution in [3.05, 3.63) is 40.6 Å². The minimum Gasteiger partial charge on any atom is -0.623 e. The first-order valence-electron chi connectivity index (χ1n) is 4.75. The fourth-order valence-corrected chi connectivity index (χ4v) is 0.973. The molecular weight excluding hydrogens is 188 g/mol. The highest BCUT2D eigenvalue weighted by molar-refractivity contribution is 5.75. The zero-order valence-electron chi connectivity index (χ0n) is 9.19. The molecule has 0 saturated carbocycles. The molecule has 0 N–H and O–H groups in total. The second kappa shape index (κ2) is 4.14. The fourth-order valence-electron chi connectivity index (χ4n) is 0.973. The molecule has 78 valence electrons. The molecule has 0 amide bonds. The molecule has 15 heavy (non-hydrogen) atoms. The van der Waals surface area contributed by atoms with Gasteiger partial charge in [0.25, 0.3) is 0 Å². The molecule has 0 aromatic heterocycles. The molecule has 0 aliphatic rings. The molecule has 0 atom stereocenters. The van der Waals surface area contributed by atoms with Crippen LogP contribution in [0.3, 0.4) is 0 Å². The van der Waals surface area contributed by atoms with E-state index in [2.05, 4.69) is 0 Å². The molecule has 0 saturated heterocycles. The van der Waals surface area contributed by atoms with Crippen LogP contribution in [-0.4, -0.2) is 16.5 Å². The second-order valence-electron chi connectivity index (χ2n) is 4.36. The number of benzene rings is 1. The summed E-state index contributed by atoms with van der Waals surface area (Å²) in [6.07, 6.45) is 1.53. The van der Waals surface area contributed by atoms with Crippen LogP contribution in [0.2, 0.25) is 0 Å². The molecule has 1 rings (SSSR count). The molecule has 0 fully saturated rings. The lowest BCUT2D eigenvalue weighted by atomic mass is 10.1. The smallest absolute Gasteiger partial charge is 0.182 e. The Labute approximate surface area is 89.9 Å². The minimum atomic E-state index is -0.437. The Kier molecular flexibility index (Phi) is 3.11. The van der Waals surface area contributed by atoms with Crippen LogP contribution in [0.25, 0.3) is 0 Å². The molecule has 0 bridgehead atoms. The van der Waals surface area contributed by atoms with Crippen molar-refractivity contribution in [2.45, 2.75) is 26.3 Å². The number of nitrogens with zero attached hydrogens (tertiary/aromatic N) is 2. The molecule has 0 radical (unpaired) electrons. The first-order chi connectivity index (χ1) is 6.93. The van der Waals surface area contributed by atoms with Crippen LogP contribution in [0.15, 0.2) is 24.3 Å². The van der Waals surface area contributed by atoms with Crippen LogP contribution in [0.4, 0.5) is 0 Å². The van der Waals surface area contributed by atoms with E-state index in [1.54, 1.807) is 24.3 Å². The van der Waals surface area contributed by atoms with Gasteiger partial charge in [0.1, 0.15) is 0 Å². The van der Waals surface area contributed by atoms with E-state index in [4.69, 9.17) is 5.26 Å². The van der Waals surface area contributed by atoms with Gasteiger partial charge in [-0.2, -0.15) is 5.26 Å². The van der Waals surface area contributed by atoms with Crippen LogP contribution < -0.4 is 0 Å². The average molecular weight is 202 g/mol. The van der Waals surface area contributed by atoms with Gasteiger partial charge < -0.3 is 5.21 Å². The van der Waals surface area contributed by atoms with Gasteiger partial charge in [-0.15, -0.1) is 0 Å². The molecule has 3 nitrogen and oxygen atoms in total. The Morgan fingerprint density at radius 3 is 2.20 bits per heavy atom. The average Bonchev–Trinajstić information content (AvgIpc) is 2.17. The Balaban J connectivity index is 2.96. The van der Waals surface area contributed by atoms with Crippen molar-refractivity contribution in [1.82, 2.24) is 0 Å². The summed E-state index contributed by atoms with van der Waals surface area (Å²) >= 11 is 0. The van der Waals surface area contributed by atoms with E-state index < -0.39 is 5.54 Å². The Morgan fingerprint density at radius 2 is 1.80 bits per heavy atom. The predicted molar refractivity (Wildman–Crippen MR) is 59.7 cm³/mol. The van der Waals surface area contributed by atoms with Crippen molar-refractivity contribution in [2.75, 3.05) is 0 Å². The van der Waals surface area contributed by atoms with Gasteiger partial charge in [-0.05, 0) is 24.3 Å². The number of hydroxylamine groups is 1. The number of rotatable bonds is 1. The van der Waals surface area contributed by atoms with E-state index in [0.29, 0.717) is 5.56 Å². The fraction of sp³-hybridized carbons (Fsp3) is 0.333. The second-order valence-corrected chi connectivity index (χ2v) is 4.36. The lowest BCUT2D eigenvalue weighted by Gasteiger charge is -2.18. The van der Waals surface area contributed by atoms with Crippen molar-refractivity contribution in [2.24, 2.45) is 0 Å². The zero-order chi connectivity index (χ0) is 11.5. The van der Waals surface area contributed by atoms with Crippen molar-refractivity contribution in [3.63, 3.8) is 0 Å². The highest BCUT2D eigenvalue weighted by atomic mass is 16.5. The van der Waals surface area contributed by atoms with Crippen molar-refractivity contribution < 1.29 is 4.74 Å². The van der Waals surface area contributed by atoms with Crippen LogP contribution in [-0.2, 0) is 0 Å². The van der Waals surface area contributed by atoms with Crippen LogP contribution in [0, 0.1) is 16.5 Å². The van der Waals surface area contributed by atoms with Crippen LogP contribution >= 0.6 is 0 Å². The molecule has 0 unspecified atom stereocenters. The van der Waals surface area contributed by atoms with Crippen molar-refractivity contribution >= 4 is 6.21 Å². The summed E-state index contributed by atoms with van der Waals surface area (Å²) in [5, 5.41) is 20.2. The van der Waals surface area contributed by atoms with Crippen LogP contribution in [0.5, 0.6) is 0 Å². The van der Waals surface area contributed by atoms with Crippen molar-refractivity contribution in [3.8, 4) is 6.07 Å². The molecule has 3 heteroatoms. The molecule has 1 aromatic carbocycles. The summed E-state index contributed by atoms with van der Waals surface area (Å²) in [7, 11) is 0. The van der Waals surface area contributed by atoms with E-state index in [-0.39, 0.29) is 0 Å².